The summed E-state index contributed by atoms with van der Waals surface area (Å²) < 4.78 is 13.6. The predicted octanol–water partition coefficient (Wildman–Crippen LogP) is 7.01. The molecule has 0 aromatic rings. The molecule has 0 saturated carbocycles. The first-order valence-electron chi connectivity index (χ1n) is 13.1. The molecule has 0 bridgehead atoms. The van der Waals surface area contributed by atoms with Gasteiger partial charge < -0.3 is 14.8 Å². The maximum atomic E-state index is 13.6. The third-order valence-electron chi connectivity index (χ3n) is 6.19. The van der Waals surface area contributed by atoms with Gasteiger partial charge in [0.05, 0.1) is 12.4 Å². The Kier molecular flexibility index (Phi) is 20.0. The Labute approximate surface area is 192 Å². The molecule has 0 aromatic carbocycles. The van der Waals surface area contributed by atoms with E-state index in [4.69, 9.17) is 0 Å². The summed E-state index contributed by atoms with van der Waals surface area (Å²) in [7, 11) is -2.47. The molecular formula is C25H52NO4P. The number of unbranched alkanes of at least 4 members (excludes halogenated alkanes) is 14. The van der Waals surface area contributed by atoms with Gasteiger partial charge in [0, 0.05) is 12.3 Å². The fourth-order valence-corrected chi connectivity index (χ4v) is 6.74. The van der Waals surface area contributed by atoms with E-state index in [1.165, 1.54) is 84.0 Å². The summed E-state index contributed by atoms with van der Waals surface area (Å²) in [5, 5.41) is 21.9. The molecule has 0 heterocycles. The highest BCUT2D eigenvalue weighted by molar-refractivity contribution is 7.63. The second-order valence-electron chi connectivity index (χ2n) is 9.37. The summed E-state index contributed by atoms with van der Waals surface area (Å²) in [6.45, 7) is 5.92. The van der Waals surface area contributed by atoms with Crippen LogP contribution in [-0.2, 0) is 9.36 Å². The van der Waals surface area contributed by atoms with E-state index in [0.29, 0.717) is 12.3 Å². The Hall–Kier alpha value is -0.380. The van der Waals surface area contributed by atoms with Crippen molar-refractivity contribution >= 4 is 13.1 Å². The topological polar surface area (TPSA) is 86.6 Å². The lowest BCUT2D eigenvalue weighted by molar-refractivity contribution is -0.142. The molecule has 0 spiro atoms. The first kappa shape index (κ1) is 30.6. The van der Waals surface area contributed by atoms with Gasteiger partial charge in [0.15, 0.2) is 0 Å². The molecule has 0 radical (unpaired) electrons. The second-order valence-corrected chi connectivity index (χ2v) is 12.7. The van der Waals surface area contributed by atoms with Crippen molar-refractivity contribution in [2.75, 3.05) is 18.6 Å². The number of aliphatic hydroxyl groups excluding tert-OH is 1. The van der Waals surface area contributed by atoms with E-state index in [-0.39, 0.29) is 6.29 Å². The van der Waals surface area contributed by atoms with Gasteiger partial charge in [-0.3, -0.25) is 10.1 Å². The van der Waals surface area contributed by atoms with Crippen LogP contribution in [0.4, 0.5) is 0 Å². The number of hydrogen-bond acceptors (Lipinski definition) is 4. The largest absolute Gasteiger partial charge is 0.480 e. The van der Waals surface area contributed by atoms with Gasteiger partial charge in [-0.25, -0.2) is 0 Å². The third kappa shape index (κ3) is 17.8. The zero-order valence-electron chi connectivity index (χ0n) is 20.7. The lowest BCUT2D eigenvalue weighted by atomic mass is 10.1. The lowest BCUT2D eigenvalue weighted by Gasteiger charge is -2.23. The highest BCUT2D eigenvalue weighted by Crippen LogP contribution is 2.46. The summed E-state index contributed by atoms with van der Waals surface area (Å²) in [5.41, 5.74) is 0. The van der Waals surface area contributed by atoms with E-state index in [2.05, 4.69) is 19.2 Å². The van der Waals surface area contributed by atoms with E-state index in [1.54, 1.807) is 0 Å². The van der Waals surface area contributed by atoms with Crippen molar-refractivity contribution in [1.82, 2.24) is 5.32 Å². The van der Waals surface area contributed by atoms with Crippen LogP contribution < -0.4 is 5.32 Å². The van der Waals surface area contributed by atoms with Crippen molar-refractivity contribution in [2.45, 2.75) is 136 Å². The molecule has 5 nitrogen and oxygen atoms in total. The highest BCUT2D eigenvalue weighted by Gasteiger charge is 2.27. The number of carboxylic acid groups (broad SMARTS) is 1. The van der Waals surface area contributed by atoms with E-state index in [1.807, 2.05) is 0 Å². The smallest absolute Gasteiger partial charge is 0.323 e. The summed E-state index contributed by atoms with van der Waals surface area (Å²) in [4.78, 5) is 11.4. The molecule has 0 aliphatic heterocycles. The first-order valence-corrected chi connectivity index (χ1v) is 15.3. The van der Waals surface area contributed by atoms with Crippen LogP contribution in [0.3, 0.4) is 0 Å². The molecule has 3 N–H and O–H groups in total. The van der Waals surface area contributed by atoms with Crippen molar-refractivity contribution in [2.24, 2.45) is 0 Å². The Morgan fingerprint density at radius 1 is 0.742 bits per heavy atom. The Morgan fingerprint density at radius 2 is 1.10 bits per heavy atom. The Morgan fingerprint density at radius 3 is 1.42 bits per heavy atom. The SMILES string of the molecule is CCCCCCCCCCP(=O)(CCCCCCCCCC)CN[C@H](C(=O)O)[C@@H](C)O. The molecular weight excluding hydrogens is 409 g/mol. The molecule has 0 unspecified atom stereocenters. The highest BCUT2D eigenvalue weighted by atomic mass is 31.2. The third-order valence-corrected chi connectivity index (χ3v) is 9.21. The standard InChI is InChI=1S/C25H52NO4P/c1-4-6-8-10-12-14-16-18-20-31(30,22-26-24(23(3)27)25(28)29)21-19-17-15-13-11-9-7-5-2/h23-24,26-27H,4-22H2,1-3H3,(H,28,29)/t23-,24+/m1/s1. The fraction of sp³-hybridized carbons (Fsp3) is 0.960. The molecule has 0 aliphatic rings. The number of carbonyl (C=O) groups is 1. The zero-order chi connectivity index (χ0) is 23.4. The van der Waals surface area contributed by atoms with Gasteiger partial charge in [0.25, 0.3) is 0 Å². The van der Waals surface area contributed by atoms with Crippen LogP contribution in [0, 0.1) is 0 Å². The summed E-state index contributed by atoms with van der Waals surface area (Å²) in [6.07, 6.45) is 20.0. The van der Waals surface area contributed by atoms with E-state index < -0.39 is 25.3 Å². The van der Waals surface area contributed by atoms with Gasteiger partial charge in [0.2, 0.25) is 0 Å². The number of nitrogens with one attached hydrogen (secondary N) is 1. The molecule has 0 aromatic heterocycles. The molecule has 0 amide bonds. The molecule has 0 fully saturated rings. The van der Waals surface area contributed by atoms with E-state index >= 15 is 0 Å². The Bertz CT molecular complexity index is 446. The van der Waals surface area contributed by atoms with Crippen LogP contribution in [0.5, 0.6) is 0 Å². The van der Waals surface area contributed by atoms with Crippen LogP contribution in [0.15, 0.2) is 0 Å². The predicted molar refractivity (Wildman–Crippen MR) is 134 cm³/mol. The van der Waals surface area contributed by atoms with Gasteiger partial charge in [-0.1, -0.05) is 104 Å². The molecule has 186 valence electrons. The number of aliphatic hydroxyl groups is 1. The maximum absolute atomic E-state index is 13.6. The number of hydrogen-bond donors (Lipinski definition) is 3. The normalized spacial score (nSPS) is 13.9. The maximum Gasteiger partial charge on any atom is 0.323 e. The molecule has 0 saturated heterocycles. The fourth-order valence-electron chi connectivity index (χ4n) is 4.07. The van der Waals surface area contributed by atoms with Crippen molar-refractivity contribution in [3.63, 3.8) is 0 Å². The zero-order valence-corrected chi connectivity index (χ0v) is 21.6. The summed E-state index contributed by atoms with van der Waals surface area (Å²) in [6, 6.07) is -1.05. The van der Waals surface area contributed by atoms with Crippen LogP contribution in [0.1, 0.15) is 124 Å². The molecule has 0 rings (SSSR count). The van der Waals surface area contributed by atoms with Crippen molar-refractivity contribution < 1.29 is 19.6 Å². The minimum Gasteiger partial charge on any atom is -0.480 e. The summed E-state index contributed by atoms with van der Waals surface area (Å²) in [5.74, 6) is -1.08. The minimum atomic E-state index is -2.47. The van der Waals surface area contributed by atoms with E-state index in [0.717, 1.165) is 25.7 Å². The van der Waals surface area contributed by atoms with Crippen LogP contribution >= 0.6 is 7.14 Å². The molecule has 31 heavy (non-hydrogen) atoms. The Balaban J connectivity index is 4.39. The monoisotopic (exact) mass is 461 g/mol. The van der Waals surface area contributed by atoms with Gasteiger partial charge in [-0.15, -0.1) is 0 Å². The minimum absolute atomic E-state index is 0.224. The average Bonchev–Trinajstić information content (AvgIpc) is 2.71. The van der Waals surface area contributed by atoms with Gasteiger partial charge >= 0.3 is 5.97 Å². The van der Waals surface area contributed by atoms with Crippen LogP contribution in [0.25, 0.3) is 0 Å². The van der Waals surface area contributed by atoms with Crippen molar-refractivity contribution in [3.8, 4) is 0 Å². The molecule has 0 aliphatic carbocycles. The number of carboxylic acids is 1. The lowest BCUT2D eigenvalue weighted by Crippen LogP contribution is -2.45. The van der Waals surface area contributed by atoms with Gasteiger partial charge in [-0.05, 0) is 19.8 Å². The number of aliphatic carboxylic acids is 1. The number of rotatable bonds is 23. The molecule has 2 atom stereocenters. The van der Waals surface area contributed by atoms with Gasteiger partial charge in [-0.2, -0.15) is 0 Å². The van der Waals surface area contributed by atoms with E-state index in [9.17, 15) is 19.6 Å². The summed E-state index contributed by atoms with van der Waals surface area (Å²) >= 11 is 0. The van der Waals surface area contributed by atoms with Crippen LogP contribution in [-0.4, -0.2) is 46.9 Å². The van der Waals surface area contributed by atoms with Crippen LogP contribution in [0.2, 0.25) is 0 Å². The van der Waals surface area contributed by atoms with Gasteiger partial charge in [0.1, 0.15) is 13.2 Å². The quantitative estimate of drug-likeness (QED) is 0.112. The second kappa shape index (κ2) is 20.2. The molecule has 6 heteroatoms. The van der Waals surface area contributed by atoms with Crippen molar-refractivity contribution in [3.05, 3.63) is 0 Å². The first-order chi connectivity index (χ1) is 14.9. The van der Waals surface area contributed by atoms with Crippen molar-refractivity contribution in [1.29, 1.82) is 0 Å². The average molecular weight is 462 g/mol.